The summed E-state index contributed by atoms with van der Waals surface area (Å²) in [5, 5.41) is 0. The standard InChI is InChI=1S/C16H17F2NO2/c1-10(19)16(12-5-3-4-6-14(12)20-2)21-15-8-7-11(17)9-13(15)18/h3-10,16H,19H2,1-2H3. The monoisotopic (exact) mass is 293 g/mol. The van der Waals surface area contributed by atoms with Crippen LogP contribution in [0.25, 0.3) is 0 Å². The molecule has 0 saturated heterocycles. The van der Waals surface area contributed by atoms with Gasteiger partial charge in [0.2, 0.25) is 0 Å². The van der Waals surface area contributed by atoms with E-state index in [0.29, 0.717) is 11.3 Å². The molecule has 0 spiro atoms. The first-order chi connectivity index (χ1) is 10.0. The highest BCUT2D eigenvalue weighted by molar-refractivity contribution is 5.37. The van der Waals surface area contributed by atoms with E-state index in [1.54, 1.807) is 19.1 Å². The van der Waals surface area contributed by atoms with E-state index in [-0.39, 0.29) is 5.75 Å². The summed E-state index contributed by atoms with van der Waals surface area (Å²) in [7, 11) is 1.54. The highest BCUT2D eigenvalue weighted by atomic mass is 19.1. The molecule has 0 aliphatic rings. The average Bonchev–Trinajstić information content (AvgIpc) is 2.46. The lowest BCUT2D eigenvalue weighted by Crippen LogP contribution is -2.29. The van der Waals surface area contributed by atoms with Crippen LogP contribution in [0.15, 0.2) is 42.5 Å². The van der Waals surface area contributed by atoms with E-state index in [2.05, 4.69) is 0 Å². The van der Waals surface area contributed by atoms with Crippen LogP contribution in [0, 0.1) is 11.6 Å². The number of hydrogen-bond acceptors (Lipinski definition) is 3. The third-order valence-corrected chi connectivity index (χ3v) is 3.07. The zero-order valence-corrected chi connectivity index (χ0v) is 11.8. The molecule has 21 heavy (non-hydrogen) atoms. The number of ether oxygens (including phenoxy) is 2. The molecule has 0 fully saturated rings. The Labute approximate surface area is 122 Å². The van der Waals surface area contributed by atoms with Crippen LogP contribution in [0.5, 0.6) is 11.5 Å². The first-order valence-electron chi connectivity index (χ1n) is 6.53. The molecule has 112 valence electrons. The van der Waals surface area contributed by atoms with Gasteiger partial charge in [-0.15, -0.1) is 0 Å². The van der Waals surface area contributed by atoms with Crippen molar-refractivity contribution in [2.24, 2.45) is 5.73 Å². The highest BCUT2D eigenvalue weighted by Crippen LogP contribution is 2.32. The van der Waals surface area contributed by atoms with Crippen molar-refractivity contribution in [3.8, 4) is 11.5 Å². The summed E-state index contributed by atoms with van der Waals surface area (Å²) in [4.78, 5) is 0. The molecule has 2 unspecified atom stereocenters. The molecule has 2 aromatic carbocycles. The zero-order valence-electron chi connectivity index (χ0n) is 11.8. The molecule has 2 aromatic rings. The molecule has 0 aliphatic carbocycles. The van der Waals surface area contributed by atoms with Crippen molar-refractivity contribution in [1.29, 1.82) is 0 Å². The lowest BCUT2D eigenvalue weighted by molar-refractivity contribution is 0.168. The van der Waals surface area contributed by atoms with Gasteiger partial charge in [0.05, 0.1) is 7.11 Å². The van der Waals surface area contributed by atoms with Gasteiger partial charge in [-0.25, -0.2) is 8.78 Å². The molecule has 0 aliphatic heterocycles. The molecule has 0 bridgehead atoms. The normalized spacial score (nSPS) is 13.6. The van der Waals surface area contributed by atoms with Gasteiger partial charge in [-0.2, -0.15) is 0 Å². The maximum atomic E-state index is 13.7. The predicted octanol–water partition coefficient (Wildman–Crippen LogP) is 3.44. The molecule has 0 amide bonds. The van der Waals surface area contributed by atoms with Crippen LogP contribution >= 0.6 is 0 Å². The fourth-order valence-electron chi connectivity index (χ4n) is 2.06. The highest BCUT2D eigenvalue weighted by Gasteiger charge is 2.23. The number of hydrogen-bond donors (Lipinski definition) is 1. The minimum Gasteiger partial charge on any atom is -0.496 e. The van der Waals surface area contributed by atoms with Crippen molar-refractivity contribution in [3.05, 3.63) is 59.7 Å². The molecule has 2 atom stereocenters. The predicted molar refractivity (Wildman–Crippen MR) is 76.4 cm³/mol. The van der Waals surface area contributed by atoms with Gasteiger partial charge in [0.1, 0.15) is 17.7 Å². The molecule has 5 heteroatoms. The Morgan fingerprint density at radius 1 is 1.05 bits per heavy atom. The van der Waals surface area contributed by atoms with Crippen LogP contribution in [-0.4, -0.2) is 13.2 Å². The van der Waals surface area contributed by atoms with Crippen molar-refractivity contribution in [2.75, 3.05) is 7.11 Å². The van der Waals surface area contributed by atoms with Gasteiger partial charge >= 0.3 is 0 Å². The van der Waals surface area contributed by atoms with Crippen LogP contribution in [0.2, 0.25) is 0 Å². The SMILES string of the molecule is COc1ccccc1C(Oc1ccc(F)cc1F)C(C)N. The lowest BCUT2D eigenvalue weighted by Gasteiger charge is -2.24. The minimum atomic E-state index is -0.768. The zero-order chi connectivity index (χ0) is 15.4. The van der Waals surface area contributed by atoms with Gasteiger partial charge < -0.3 is 15.2 Å². The molecule has 0 saturated carbocycles. The summed E-state index contributed by atoms with van der Waals surface area (Å²) >= 11 is 0. The van der Waals surface area contributed by atoms with Crippen LogP contribution in [-0.2, 0) is 0 Å². The Hall–Kier alpha value is -2.14. The second-order valence-electron chi connectivity index (χ2n) is 4.71. The molecular weight excluding hydrogens is 276 g/mol. The molecule has 2 N–H and O–H groups in total. The van der Waals surface area contributed by atoms with Gasteiger partial charge in [-0.3, -0.25) is 0 Å². The quantitative estimate of drug-likeness (QED) is 0.918. The maximum absolute atomic E-state index is 13.7. The number of benzene rings is 2. The van der Waals surface area contributed by atoms with E-state index < -0.39 is 23.8 Å². The van der Waals surface area contributed by atoms with Gasteiger partial charge in [-0.1, -0.05) is 18.2 Å². The van der Waals surface area contributed by atoms with Crippen molar-refractivity contribution < 1.29 is 18.3 Å². The average molecular weight is 293 g/mol. The van der Waals surface area contributed by atoms with Crippen molar-refractivity contribution in [1.82, 2.24) is 0 Å². The topological polar surface area (TPSA) is 44.5 Å². The number of methoxy groups -OCH3 is 1. The fourth-order valence-corrected chi connectivity index (χ4v) is 2.06. The van der Waals surface area contributed by atoms with E-state index >= 15 is 0 Å². The summed E-state index contributed by atoms with van der Waals surface area (Å²) in [5.41, 5.74) is 6.65. The van der Waals surface area contributed by atoms with Gasteiger partial charge in [0.25, 0.3) is 0 Å². The Kier molecular flexibility index (Phi) is 4.75. The molecule has 0 aromatic heterocycles. The third kappa shape index (κ3) is 3.49. The minimum absolute atomic E-state index is 0.0513. The molecule has 0 radical (unpaired) electrons. The Balaban J connectivity index is 2.36. The summed E-state index contributed by atoms with van der Waals surface area (Å²) in [6, 6.07) is 9.95. The maximum Gasteiger partial charge on any atom is 0.168 e. The van der Waals surface area contributed by atoms with Crippen LogP contribution < -0.4 is 15.2 Å². The van der Waals surface area contributed by atoms with Gasteiger partial charge in [-0.05, 0) is 25.1 Å². The van der Waals surface area contributed by atoms with Crippen molar-refractivity contribution in [3.63, 3.8) is 0 Å². The van der Waals surface area contributed by atoms with Crippen LogP contribution in [0.1, 0.15) is 18.6 Å². The second kappa shape index (κ2) is 6.54. The van der Waals surface area contributed by atoms with E-state index in [1.807, 2.05) is 12.1 Å². The van der Waals surface area contributed by atoms with E-state index in [4.69, 9.17) is 15.2 Å². The number of para-hydroxylation sites is 1. The fraction of sp³-hybridized carbons (Fsp3) is 0.250. The molecule has 0 heterocycles. The lowest BCUT2D eigenvalue weighted by atomic mass is 10.0. The third-order valence-electron chi connectivity index (χ3n) is 3.07. The summed E-state index contributed by atoms with van der Waals surface area (Å²) in [6.45, 7) is 1.75. The van der Waals surface area contributed by atoms with Crippen molar-refractivity contribution >= 4 is 0 Å². The van der Waals surface area contributed by atoms with E-state index in [9.17, 15) is 8.78 Å². The number of halogens is 2. The first kappa shape index (κ1) is 15.3. The second-order valence-corrected chi connectivity index (χ2v) is 4.71. The van der Waals surface area contributed by atoms with E-state index in [0.717, 1.165) is 12.1 Å². The number of nitrogens with two attached hydrogens (primary N) is 1. The van der Waals surface area contributed by atoms with Gasteiger partial charge in [0, 0.05) is 17.7 Å². The molecule has 3 nitrogen and oxygen atoms in total. The Morgan fingerprint density at radius 3 is 2.38 bits per heavy atom. The largest absolute Gasteiger partial charge is 0.496 e. The van der Waals surface area contributed by atoms with Crippen molar-refractivity contribution in [2.45, 2.75) is 19.1 Å². The Morgan fingerprint density at radius 2 is 1.76 bits per heavy atom. The number of rotatable bonds is 5. The summed E-state index contributed by atoms with van der Waals surface area (Å²) < 4.78 is 37.6. The van der Waals surface area contributed by atoms with Crippen LogP contribution in [0.4, 0.5) is 8.78 Å². The summed E-state index contributed by atoms with van der Waals surface area (Å²) in [6.07, 6.45) is -0.610. The molecule has 2 rings (SSSR count). The Bertz CT molecular complexity index is 617. The summed E-state index contributed by atoms with van der Waals surface area (Å²) in [5.74, 6) is -0.878. The van der Waals surface area contributed by atoms with Gasteiger partial charge in [0.15, 0.2) is 11.6 Å². The smallest absolute Gasteiger partial charge is 0.168 e. The first-order valence-corrected chi connectivity index (χ1v) is 6.53. The molecular formula is C16H17F2NO2. The van der Waals surface area contributed by atoms with Crippen LogP contribution in [0.3, 0.4) is 0 Å². The van der Waals surface area contributed by atoms with E-state index in [1.165, 1.54) is 13.2 Å².